The number of ether oxygens (including phenoxy) is 3. The molecule has 0 bridgehead atoms. The van der Waals surface area contributed by atoms with Crippen LogP contribution in [-0.4, -0.2) is 39.2 Å². The predicted octanol–water partition coefficient (Wildman–Crippen LogP) is 2.27. The van der Waals surface area contributed by atoms with Crippen molar-refractivity contribution < 1.29 is 28.6 Å². The third kappa shape index (κ3) is 4.14. The Bertz CT molecular complexity index is 856. The average Bonchev–Trinajstić information content (AvgIpc) is 2.65. The van der Waals surface area contributed by atoms with E-state index in [0.29, 0.717) is 16.6 Å². The minimum atomic E-state index is -0.714. The van der Waals surface area contributed by atoms with Crippen LogP contribution in [0.4, 0.5) is 5.69 Å². The molecule has 0 spiro atoms. The van der Waals surface area contributed by atoms with E-state index in [2.05, 4.69) is 14.8 Å². The molecule has 0 aromatic heterocycles. The molecule has 7 heteroatoms. The van der Waals surface area contributed by atoms with Crippen molar-refractivity contribution in [1.29, 1.82) is 0 Å². The van der Waals surface area contributed by atoms with Crippen molar-refractivity contribution in [2.45, 2.75) is 0 Å². The molecule has 0 unspecified atom stereocenters. The van der Waals surface area contributed by atoms with Crippen LogP contribution in [-0.2, 0) is 23.8 Å². The maximum absolute atomic E-state index is 11.8. The first kappa shape index (κ1) is 18.0. The van der Waals surface area contributed by atoms with Crippen LogP contribution in [0, 0.1) is 0 Å². The number of carbonyl (C=O) groups excluding carboxylic acids is 3. The summed E-state index contributed by atoms with van der Waals surface area (Å²) < 4.78 is 13.9. The second kappa shape index (κ2) is 7.96. The van der Waals surface area contributed by atoms with Crippen molar-refractivity contribution in [1.82, 2.24) is 0 Å². The SMILES string of the molecule is COC(=O)/C=C(/Nc1ccc2c(C(=O)OC)cccc2c1)C(=O)OC. The minimum Gasteiger partial charge on any atom is -0.466 e. The van der Waals surface area contributed by atoms with Crippen molar-refractivity contribution in [3.05, 3.63) is 53.7 Å². The van der Waals surface area contributed by atoms with E-state index < -0.39 is 17.9 Å². The van der Waals surface area contributed by atoms with Crippen molar-refractivity contribution in [2.75, 3.05) is 26.6 Å². The van der Waals surface area contributed by atoms with Gasteiger partial charge in [-0.05, 0) is 29.0 Å². The second-order valence-corrected chi connectivity index (χ2v) is 4.93. The van der Waals surface area contributed by atoms with Gasteiger partial charge in [-0.1, -0.05) is 18.2 Å². The summed E-state index contributed by atoms with van der Waals surface area (Å²) in [5.74, 6) is -1.84. The molecule has 25 heavy (non-hydrogen) atoms. The van der Waals surface area contributed by atoms with Gasteiger partial charge in [-0.15, -0.1) is 0 Å². The number of hydrogen-bond donors (Lipinski definition) is 1. The lowest BCUT2D eigenvalue weighted by Crippen LogP contribution is -2.15. The van der Waals surface area contributed by atoms with Gasteiger partial charge in [0.2, 0.25) is 0 Å². The first-order chi connectivity index (χ1) is 12.0. The zero-order valence-corrected chi connectivity index (χ0v) is 14.0. The van der Waals surface area contributed by atoms with Gasteiger partial charge in [0.05, 0.1) is 33.0 Å². The van der Waals surface area contributed by atoms with Gasteiger partial charge in [0.1, 0.15) is 5.70 Å². The van der Waals surface area contributed by atoms with Crippen molar-refractivity contribution in [3.63, 3.8) is 0 Å². The summed E-state index contributed by atoms with van der Waals surface area (Å²) in [6.45, 7) is 0. The number of carbonyl (C=O) groups is 3. The molecule has 0 saturated heterocycles. The number of benzene rings is 2. The molecule has 2 aromatic carbocycles. The van der Waals surface area contributed by atoms with Crippen LogP contribution in [0.3, 0.4) is 0 Å². The van der Waals surface area contributed by atoms with E-state index in [1.54, 1.807) is 30.3 Å². The zero-order chi connectivity index (χ0) is 18.4. The molecule has 0 saturated carbocycles. The number of anilines is 1. The summed E-state index contributed by atoms with van der Waals surface area (Å²) in [6.07, 6.45) is 1.00. The summed E-state index contributed by atoms with van der Waals surface area (Å²) >= 11 is 0. The van der Waals surface area contributed by atoms with Gasteiger partial charge < -0.3 is 19.5 Å². The van der Waals surface area contributed by atoms with E-state index >= 15 is 0 Å². The average molecular weight is 343 g/mol. The molecule has 0 fully saturated rings. The molecule has 0 aliphatic carbocycles. The maximum Gasteiger partial charge on any atom is 0.354 e. The lowest BCUT2D eigenvalue weighted by molar-refractivity contribution is -0.138. The molecule has 1 N–H and O–H groups in total. The summed E-state index contributed by atoms with van der Waals surface area (Å²) in [5.41, 5.74) is 0.901. The van der Waals surface area contributed by atoms with E-state index in [4.69, 9.17) is 4.74 Å². The maximum atomic E-state index is 11.8. The molecule has 7 nitrogen and oxygen atoms in total. The summed E-state index contributed by atoms with van der Waals surface area (Å²) in [7, 11) is 3.73. The van der Waals surface area contributed by atoms with Crippen LogP contribution in [0.1, 0.15) is 10.4 Å². The quantitative estimate of drug-likeness (QED) is 0.506. The summed E-state index contributed by atoms with van der Waals surface area (Å²) in [4.78, 5) is 35.0. The van der Waals surface area contributed by atoms with E-state index in [-0.39, 0.29) is 5.70 Å². The topological polar surface area (TPSA) is 90.9 Å². The van der Waals surface area contributed by atoms with Crippen LogP contribution in [0.15, 0.2) is 48.2 Å². The van der Waals surface area contributed by atoms with Gasteiger partial charge in [0.15, 0.2) is 0 Å². The Morgan fingerprint density at radius 1 is 0.960 bits per heavy atom. The third-order valence-electron chi connectivity index (χ3n) is 3.43. The fraction of sp³-hybridized carbons (Fsp3) is 0.167. The number of nitrogens with one attached hydrogen (secondary N) is 1. The Morgan fingerprint density at radius 3 is 2.36 bits per heavy atom. The second-order valence-electron chi connectivity index (χ2n) is 4.93. The normalized spacial score (nSPS) is 10.9. The predicted molar refractivity (Wildman–Crippen MR) is 91.0 cm³/mol. The van der Waals surface area contributed by atoms with Gasteiger partial charge in [-0.25, -0.2) is 14.4 Å². The van der Waals surface area contributed by atoms with Gasteiger partial charge in [-0.2, -0.15) is 0 Å². The minimum absolute atomic E-state index is 0.0715. The molecular formula is C18H17NO6. The molecule has 0 aliphatic heterocycles. The standard InChI is InChI=1S/C18H17NO6/c1-23-16(20)10-15(18(22)25-3)19-12-7-8-13-11(9-12)5-4-6-14(13)17(21)24-2/h4-10,19H,1-3H3/b15-10+. The largest absolute Gasteiger partial charge is 0.466 e. The number of esters is 3. The Labute approximate surface area is 144 Å². The van der Waals surface area contributed by atoms with Gasteiger partial charge in [-0.3, -0.25) is 0 Å². The van der Waals surface area contributed by atoms with Crippen molar-refractivity contribution in [2.24, 2.45) is 0 Å². The highest BCUT2D eigenvalue weighted by molar-refractivity contribution is 6.05. The molecule has 130 valence electrons. The summed E-state index contributed by atoms with van der Waals surface area (Å²) in [5, 5.41) is 4.28. The lowest BCUT2D eigenvalue weighted by Gasteiger charge is -2.11. The van der Waals surface area contributed by atoms with Crippen molar-refractivity contribution >= 4 is 34.4 Å². The fourth-order valence-corrected chi connectivity index (χ4v) is 2.24. The van der Waals surface area contributed by atoms with Gasteiger partial charge in [0.25, 0.3) is 0 Å². The molecule has 0 atom stereocenters. The highest BCUT2D eigenvalue weighted by Crippen LogP contribution is 2.24. The first-order valence-electron chi connectivity index (χ1n) is 7.26. The smallest absolute Gasteiger partial charge is 0.354 e. The lowest BCUT2D eigenvalue weighted by atomic mass is 10.0. The van der Waals surface area contributed by atoms with Crippen LogP contribution < -0.4 is 5.32 Å². The Balaban J connectivity index is 2.41. The first-order valence-corrected chi connectivity index (χ1v) is 7.26. The van der Waals surface area contributed by atoms with Crippen LogP contribution in [0.5, 0.6) is 0 Å². The Hall–Kier alpha value is -3.35. The van der Waals surface area contributed by atoms with Crippen LogP contribution >= 0.6 is 0 Å². The number of hydrogen-bond acceptors (Lipinski definition) is 7. The van der Waals surface area contributed by atoms with E-state index in [1.807, 2.05) is 6.07 Å². The van der Waals surface area contributed by atoms with E-state index in [9.17, 15) is 14.4 Å². The summed E-state index contributed by atoms with van der Waals surface area (Å²) in [6, 6.07) is 10.3. The monoisotopic (exact) mass is 343 g/mol. The molecule has 0 aliphatic rings. The molecule has 2 rings (SSSR count). The highest BCUT2D eigenvalue weighted by Gasteiger charge is 2.14. The molecule has 0 amide bonds. The number of fused-ring (bicyclic) bond motifs is 1. The fourth-order valence-electron chi connectivity index (χ4n) is 2.24. The van der Waals surface area contributed by atoms with Crippen molar-refractivity contribution in [3.8, 4) is 0 Å². The Kier molecular flexibility index (Phi) is 5.73. The molecule has 2 aromatic rings. The van der Waals surface area contributed by atoms with Crippen LogP contribution in [0.25, 0.3) is 10.8 Å². The van der Waals surface area contributed by atoms with E-state index in [1.165, 1.54) is 21.3 Å². The molecule has 0 heterocycles. The zero-order valence-electron chi connectivity index (χ0n) is 14.0. The van der Waals surface area contributed by atoms with Crippen LogP contribution in [0.2, 0.25) is 0 Å². The number of methoxy groups -OCH3 is 3. The van der Waals surface area contributed by atoms with E-state index in [0.717, 1.165) is 11.5 Å². The highest BCUT2D eigenvalue weighted by atomic mass is 16.5. The van der Waals surface area contributed by atoms with Gasteiger partial charge >= 0.3 is 17.9 Å². The molecule has 0 radical (unpaired) electrons. The number of rotatable bonds is 5. The molecular weight excluding hydrogens is 326 g/mol. The Morgan fingerprint density at radius 2 is 1.72 bits per heavy atom. The third-order valence-corrected chi connectivity index (χ3v) is 3.43. The van der Waals surface area contributed by atoms with Gasteiger partial charge in [0, 0.05) is 5.69 Å².